The fourth-order valence-electron chi connectivity index (χ4n) is 3.17. The number of ether oxygens (including phenoxy) is 2. The summed E-state index contributed by atoms with van der Waals surface area (Å²) in [6, 6.07) is 4.97. The van der Waals surface area contributed by atoms with E-state index in [0.717, 1.165) is 18.4 Å². The van der Waals surface area contributed by atoms with E-state index >= 15 is 0 Å². The predicted molar refractivity (Wildman–Crippen MR) is 89.3 cm³/mol. The van der Waals surface area contributed by atoms with Crippen LogP contribution in [-0.2, 0) is 20.8 Å². The van der Waals surface area contributed by atoms with Crippen LogP contribution in [0.5, 0.6) is 11.5 Å². The van der Waals surface area contributed by atoms with Crippen LogP contribution in [0.15, 0.2) is 18.2 Å². The fourth-order valence-corrected chi connectivity index (χ4v) is 3.17. The Balaban J connectivity index is 1.66. The number of hydrogen-bond donors (Lipinski definition) is 1. The molecule has 134 valence electrons. The lowest BCUT2D eigenvalue weighted by atomic mass is 10.1. The Hall–Kier alpha value is -2.57. The molecule has 3 amide bonds. The molecule has 1 N–H and O–H groups in total. The molecule has 1 saturated heterocycles. The van der Waals surface area contributed by atoms with Crippen molar-refractivity contribution in [1.29, 1.82) is 0 Å². The maximum Gasteiger partial charge on any atom is 0.249 e. The van der Waals surface area contributed by atoms with E-state index in [2.05, 4.69) is 5.32 Å². The molecule has 1 aromatic carbocycles. The summed E-state index contributed by atoms with van der Waals surface area (Å²) < 4.78 is 10.5. The van der Waals surface area contributed by atoms with E-state index in [4.69, 9.17) is 9.47 Å². The van der Waals surface area contributed by atoms with E-state index in [0.29, 0.717) is 17.9 Å². The Labute approximate surface area is 146 Å². The van der Waals surface area contributed by atoms with E-state index in [1.165, 1.54) is 0 Å². The summed E-state index contributed by atoms with van der Waals surface area (Å²) in [5.74, 6) is 0.488. The highest BCUT2D eigenvalue weighted by Crippen LogP contribution is 2.32. The molecule has 1 heterocycles. The van der Waals surface area contributed by atoms with Gasteiger partial charge in [-0.2, -0.15) is 0 Å². The molecule has 1 atom stereocenters. The molecule has 7 nitrogen and oxygen atoms in total. The van der Waals surface area contributed by atoms with Gasteiger partial charge in [0.1, 0.15) is 6.04 Å². The van der Waals surface area contributed by atoms with Crippen molar-refractivity contribution in [2.75, 3.05) is 14.2 Å². The molecule has 0 bridgehead atoms. The number of aryl methyl sites for hydroxylation is 1. The quantitative estimate of drug-likeness (QED) is 0.746. The molecule has 2 fully saturated rings. The van der Waals surface area contributed by atoms with Crippen LogP contribution in [0.2, 0.25) is 0 Å². The fraction of sp³-hybridized carbons (Fsp3) is 0.500. The molecule has 0 unspecified atom stereocenters. The van der Waals surface area contributed by atoms with Gasteiger partial charge in [0.15, 0.2) is 11.5 Å². The van der Waals surface area contributed by atoms with Crippen LogP contribution in [0.1, 0.15) is 31.2 Å². The molecule has 0 radical (unpaired) electrons. The van der Waals surface area contributed by atoms with Crippen LogP contribution in [0, 0.1) is 0 Å². The standard InChI is InChI=1S/C18H22N2O5/c1-24-14-7-3-11(9-15(14)25-2)4-8-17(22)20(12-5-6-12)13-10-16(21)19-18(13)23/h3,7,9,12-13H,4-6,8,10H2,1-2H3,(H,19,21,23)/t13-/m0/s1. The number of imide groups is 1. The summed E-state index contributed by atoms with van der Waals surface area (Å²) in [5, 5.41) is 2.28. The summed E-state index contributed by atoms with van der Waals surface area (Å²) in [6.45, 7) is 0. The van der Waals surface area contributed by atoms with Crippen LogP contribution in [0.25, 0.3) is 0 Å². The van der Waals surface area contributed by atoms with Crippen molar-refractivity contribution in [3.8, 4) is 11.5 Å². The molecule has 0 spiro atoms. The zero-order chi connectivity index (χ0) is 18.0. The summed E-state index contributed by atoms with van der Waals surface area (Å²) in [6.07, 6.45) is 2.66. The summed E-state index contributed by atoms with van der Waals surface area (Å²) >= 11 is 0. The average molecular weight is 346 g/mol. The third-order valence-electron chi connectivity index (χ3n) is 4.58. The first-order valence-electron chi connectivity index (χ1n) is 8.39. The third-order valence-corrected chi connectivity index (χ3v) is 4.58. The predicted octanol–water partition coefficient (Wildman–Crippen LogP) is 1.04. The number of rotatable bonds is 7. The first kappa shape index (κ1) is 17.3. The summed E-state index contributed by atoms with van der Waals surface area (Å²) in [4.78, 5) is 37.7. The Morgan fingerprint density at radius 1 is 1.20 bits per heavy atom. The van der Waals surface area contributed by atoms with E-state index in [1.54, 1.807) is 25.2 Å². The zero-order valence-corrected chi connectivity index (χ0v) is 14.4. The van der Waals surface area contributed by atoms with Gasteiger partial charge >= 0.3 is 0 Å². The van der Waals surface area contributed by atoms with Gasteiger partial charge in [-0.1, -0.05) is 6.07 Å². The molecular weight excluding hydrogens is 324 g/mol. The lowest BCUT2D eigenvalue weighted by Crippen LogP contribution is -2.46. The molecule has 1 saturated carbocycles. The molecule has 3 rings (SSSR count). The van der Waals surface area contributed by atoms with Gasteiger partial charge in [-0.25, -0.2) is 0 Å². The second-order valence-corrected chi connectivity index (χ2v) is 6.35. The van der Waals surface area contributed by atoms with Crippen molar-refractivity contribution in [3.05, 3.63) is 23.8 Å². The van der Waals surface area contributed by atoms with Gasteiger partial charge in [0, 0.05) is 12.5 Å². The maximum atomic E-state index is 12.7. The monoisotopic (exact) mass is 346 g/mol. The largest absolute Gasteiger partial charge is 0.493 e. The normalized spacial score (nSPS) is 19.5. The highest BCUT2D eigenvalue weighted by molar-refractivity contribution is 6.06. The SMILES string of the molecule is COc1ccc(CCC(=O)N(C2CC2)[C@H]2CC(=O)NC2=O)cc1OC. The van der Waals surface area contributed by atoms with E-state index in [-0.39, 0.29) is 36.6 Å². The highest BCUT2D eigenvalue weighted by Gasteiger charge is 2.44. The van der Waals surface area contributed by atoms with Gasteiger partial charge in [0.25, 0.3) is 0 Å². The van der Waals surface area contributed by atoms with Crippen molar-refractivity contribution in [2.24, 2.45) is 0 Å². The minimum absolute atomic E-state index is 0.0669. The first-order valence-corrected chi connectivity index (χ1v) is 8.39. The zero-order valence-electron chi connectivity index (χ0n) is 14.4. The first-order chi connectivity index (χ1) is 12.0. The number of methoxy groups -OCH3 is 2. The Morgan fingerprint density at radius 2 is 1.92 bits per heavy atom. The average Bonchev–Trinajstić information content (AvgIpc) is 3.38. The van der Waals surface area contributed by atoms with Gasteiger partial charge in [-0.15, -0.1) is 0 Å². The van der Waals surface area contributed by atoms with E-state index < -0.39 is 6.04 Å². The van der Waals surface area contributed by atoms with Gasteiger partial charge in [0.2, 0.25) is 17.7 Å². The number of nitrogens with zero attached hydrogens (tertiary/aromatic N) is 1. The number of amides is 3. The molecule has 25 heavy (non-hydrogen) atoms. The van der Waals surface area contributed by atoms with Crippen molar-refractivity contribution in [3.63, 3.8) is 0 Å². The molecule has 1 aliphatic carbocycles. The van der Waals surface area contributed by atoms with Gasteiger partial charge < -0.3 is 14.4 Å². The maximum absolute atomic E-state index is 12.7. The van der Waals surface area contributed by atoms with Crippen molar-refractivity contribution < 1.29 is 23.9 Å². The van der Waals surface area contributed by atoms with Gasteiger partial charge in [-0.05, 0) is 37.0 Å². The summed E-state index contributed by atoms with van der Waals surface area (Å²) in [5.41, 5.74) is 0.952. The van der Waals surface area contributed by atoms with Gasteiger partial charge in [0.05, 0.1) is 20.6 Å². The van der Waals surface area contributed by atoms with Gasteiger partial charge in [-0.3, -0.25) is 19.7 Å². The third kappa shape index (κ3) is 3.75. The minimum atomic E-state index is -0.655. The Bertz CT molecular complexity index is 699. The lowest BCUT2D eigenvalue weighted by Gasteiger charge is -2.26. The van der Waals surface area contributed by atoms with Crippen molar-refractivity contribution in [2.45, 2.75) is 44.2 Å². The van der Waals surface area contributed by atoms with Crippen LogP contribution >= 0.6 is 0 Å². The number of carbonyl (C=O) groups is 3. The molecular formula is C18H22N2O5. The van der Waals surface area contributed by atoms with Crippen LogP contribution in [-0.4, -0.2) is 48.9 Å². The number of hydrogen-bond acceptors (Lipinski definition) is 5. The van der Waals surface area contributed by atoms with E-state index in [1.807, 2.05) is 12.1 Å². The van der Waals surface area contributed by atoms with Crippen LogP contribution < -0.4 is 14.8 Å². The number of carbonyl (C=O) groups excluding carboxylic acids is 3. The number of benzene rings is 1. The van der Waals surface area contributed by atoms with E-state index in [9.17, 15) is 14.4 Å². The molecule has 1 aliphatic heterocycles. The molecule has 2 aliphatic rings. The van der Waals surface area contributed by atoms with Crippen molar-refractivity contribution in [1.82, 2.24) is 10.2 Å². The lowest BCUT2D eigenvalue weighted by molar-refractivity contribution is -0.139. The second-order valence-electron chi connectivity index (χ2n) is 6.35. The topological polar surface area (TPSA) is 84.9 Å². The summed E-state index contributed by atoms with van der Waals surface area (Å²) in [7, 11) is 3.14. The highest BCUT2D eigenvalue weighted by atomic mass is 16.5. The second kappa shape index (κ2) is 7.13. The van der Waals surface area contributed by atoms with Crippen LogP contribution in [0.4, 0.5) is 0 Å². The molecule has 0 aromatic heterocycles. The van der Waals surface area contributed by atoms with Crippen molar-refractivity contribution >= 4 is 17.7 Å². The van der Waals surface area contributed by atoms with Crippen LogP contribution in [0.3, 0.4) is 0 Å². The minimum Gasteiger partial charge on any atom is -0.493 e. The molecule has 1 aromatic rings. The Morgan fingerprint density at radius 3 is 2.48 bits per heavy atom. The smallest absolute Gasteiger partial charge is 0.249 e. The Kier molecular flexibility index (Phi) is 4.92. The number of nitrogens with one attached hydrogen (secondary N) is 1. The molecule has 7 heteroatoms.